The molecule has 2 N–H and O–H groups in total. The van der Waals surface area contributed by atoms with Crippen LogP contribution in [0, 0.1) is 11.2 Å². The molecule has 1 spiro atoms. The minimum absolute atomic E-state index is 0.225. The van der Waals surface area contributed by atoms with E-state index in [1.165, 1.54) is 12.5 Å². The van der Waals surface area contributed by atoms with Gasteiger partial charge in [0, 0.05) is 24.2 Å². The number of hydrogen-bond acceptors (Lipinski definition) is 3. The largest absolute Gasteiger partial charge is 0.399 e. The Morgan fingerprint density at radius 3 is 2.53 bits per heavy atom. The fourth-order valence-electron chi connectivity index (χ4n) is 2.55. The van der Waals surface area contributed by atoms with Crippen molar-refractivity contribution in [3.63, 3.8) is 0 Å². The summed E-state index contributed by atoms with van der Waals surface area (Å²) in [4.78, 5) is 2.09. The third-order valence-electron chi connectivity index (χ3n) is 3.57. The zero-order valence-corrected chi connectivity index (χ0v) is 11.8. The Hall–Kier alpha value is -1.29. The van der Waals surface area contributed by atoms with Gasteiger partial charge in [-0.3, -0.25) is 0 Å². The van der Waals surface area contributed by atoms with Crippen LogP contribution in [0.15, 0.2) is 18.2 Å². The monoisotopic (exact) mass is 266 g/mol. The molecule has 4 heteroatoms. The number of ether oxygens (including phenoxy) is 1. The van der Waals surface area contributed by atoms with Crippen molar-refractivity contribution in [3.05, 3.63) is 24.0 Å². The van der Waals surface area contributed by atoms with Crippen molar-refractivity contribution >= 4 is 11.4 Å². The zero-order chi connectivity index (χ0) is 13.9. The molecule has 2 saturated heterocycles. The molecule has 3 nitrogen and oxygen atoms in total. The molecule has 1 aromatic rings. The van der Waals surface area contributed by atoms with Gasteiger partial charge in [0.05, 0.1) is 18.9 Å². The number of nitrogens with zero attached hydrogens (tertiary/aromatic N) is 1. The van der Waals surface area contributed by atoms with E-state index in [4.69, 9.17) is 10.5 Å². The number of rotatable bonds is 1. The van der Waals surface area contributed by atoms with Gasteiger partial charge < -0.3 is 15.4 Å². The van der Waals surface area contributed by atoms with E-state index in [1.54, 1.807) is 12.1 Å². The number of benzene rings is 1. The fraction of sp³-hybridized carbons (Fsp3) is 0.600. The maximum atomic E-state index is 13.7. The van der Waals surface area contributed by atoms with Gasteiger partial charge in [-0.2, -0.15) is 0 Å². The molecule has 19 heavy (non-hydrogen) atoms. The highest BCUT2D eigenvalue weighted by Gasteiger charge is 2.44. The molecule has 106 valence electrons. The first-order valence-electron chi connectivity index (χ1n) is 6.98. The molecule has 2 aliphatic rings. The number of halogens is 1. The fourth-order valence-corrected chi connectivity index (χ4v) is 2.55. The minimum Gasteiger partial charge on any atom is -0.399 e. The molecular weight excluding hydrogens is 243 g/mol. The van der Waals surface area contributed by atoms with Crippen LogP contribution in [0.5, 0.6) is 0 Å². The molecule has 0 atom stereocenters. The Morgan fingerprint density at radius 2 is 2.05 bits per heavy atom. The van der Waals surface area contributed by atoms with Crippen LogP contribution in [0.25, 0.3) is 0 Å². The molecule has 0 saturated carbocycles. The van der Waals surface area contributed by atoms with E-state index < -0.39 is 0 Å². The number of anilines is 2. The third-order valence-corrected chi connectivity index (χ3v) is 3.57. The van der Waals surface area contributed by atoms with Gasteiger partial charge in [-0.25, -0.2) is 4.39 Å². The summed E-state index contributed by atoms with van der Waals surface area (Å²) < 4.78 is 19.0. The van der Waals surface area contributed by atoms with E-state index in [9.17, 15) is 4.39 Å². The molecule has 0 aliphatic carbocycles. The van der Waals surface area contributed by atoms with Crippen LogP contribution in [0.3, 0.4) is 0 Å². The third kappa shape index (κ3) is 3.00. The summed E-state index contributed by atoms with van der Waals surface area (Å²) in [6.45, 7) is 7.69. The SMILES string of the molecule is CCC.Nc1ccc(N2CCC3(COC3)C2)c(F)c1. The Kier molecular flexibility index (Phi) is 4.30. The molecule has 0 bridgehead atoms. The van der Waals surface area contributed by atoms with Crippen molar-refractivity contribution in [2.24, 2.45) is 5.41 Å². The lowest BCUT2D eigenvalue weighted by Gasteiger charge is -2.37. The quantitative estimate of drug-likeness (QED) is 0.794. The normalized spacial score (nSPS) is 19.8. The molecule has 2 aliphatic heterocycles. The maximum absolute atomic E-state index is 13.7. The summed E-state index contributed by atoms with van der Waals surface area (Å²) in [5, 5.41) is 0. The van der Waals surface area contributed by atoms with Gasteiger partial charge in [-0.15, -0.1) is 0 Å². The summed E-state index contributed by atoms with van der Waals surface area (Å²) in [5.74, 6) is -0.225. The van der Waals surface area contributed by atoms with Gasteiger partial charge in [0.15, 0.2) is 0 Å². The highest BCUT2D eigenvalue weighted by Crippen LogP contribution is 2.40. The van der Waals surface area contributed by atoms with Crippen molar-refractivity contribution < 1.29 is 9.13 Å². The van der Waals surface area contributed by atoms with Crippen LogP contribution >= 0.6 is 0 Å². The predicted molar refractivity (Wildman–Crippen MR) is 76.9 cm³/mol. The first-order valence-corrected chi connectivity index (χ1v) is 6.98. The Bertz CT molecular complexity index is 432. The van der Waals surface area contributed by atoms with E-state index in [0.29, 0.717) is 11.4 Å². The van der Waals surface area contributed by atoms with Gasteiger partial charge >= 0.3 is 0 Å². The maximum Gasteiger partial charge on any atom is 0.148 e. The van der Waals surface area contributed by atoms with E-state index in [0.717, 1.165) is 32.7 Å². The van der Waals surface area contributed by atoms with Gasteiger partial charge in [0.1, 0.15) is 5.82 Å². The van der Waals surface area contributed by atoms with Gasteiger partial charge in [-0.05, 0) is 24.6 Å². The van der Waals surface area contributed by atoms with Crippen LogP contribution in [-0.2, 0) is 4.74 Å². The first-order chi connectivity index (χ1) is 9.10. The highest BCUT2D eigenvalue weighted by molar-refractivity contribution is 5.55. The highest BCUT2D eigenvalue weighted by atomic mass is 19.1. The van der Waals surface area contributed by atoms with E-state index in [-0.39, 0.29) is 11.2 Å². The minimum atomic E-state index is -0.225. The molecule has 0 unspecified atom stereocenters. The van der Waals surface area contributed by atoms with Gasteiger partial charge in [-0.1, -0.05) is 20.3 Å². The molecule has 2 fully saturated rings. The summed E-state index contributed by atoms with van der Waals surface area (Å²) >= 11 is 0. The average Bonchev–Trinajstić information content (AvgIpc) is 2.75. The van der Waals surface area contributed by atoms with Crippen LogP contribution in [0.2, 0.25) is 0 Å². The molecule has 0 amide bonds. The van der Waals surface area contributed by atoms with Crippen LogP contribution in [0.4, 0.5) is 15.8 Å². The summed E-state index contributed by atoms with van der Waals surface area (Å²) in [6.07, 6.45) is 2.34. The molecule has 1 aromatic carbocycles. The summed E-state index contributed by atoms with van der Waals surface area (Å²) in [5.41, 5.74) is 6.96. The van der Waals surface area contributed by atoms with Crippen molar-refractivity contribution in [3.8, 4) is 0 Å². The molecule has 2 heterocycles. The smallest absolute Gasteiger partial charge is 0.148 e. The van der Waals surface area contributed by atoms with Crippen molar-refractivity contribution in [1.82, 2.24) is 0 Å². The lowest BCUT2D eigenvalue weighted by Crippen LogP contribution is -2.44. The second-order valence-electron chi connectivity index (χ2n) is 5.58. The van der Waals surface area contributed by atoms with Crippen molar-refractivity contribution in [2.75, 3.05) is 36.9 Å². The standard InChI is InChI=1S/C12H15FN2O.C3H8/c13-10-5-9(14)1-2-11(10)15-4-3-12(6-15)7-16-8-12;1-3-2/h1-2,5H,3-4,6-8,14H2;3H2,1-2H3. The topological polar surface area (TPSA) is 38.5 Å². The average molecular weight is 266 g/mol. The van der Waals surface area contributed by atoms with E-state index in [2.05, 4.69) is 18.7 Å². The lowest BCUT2D eigenvalue weighted by atomic mass is 9.85. The lowest BCUT2D eigenvalue weighted by molar-refractivity contribution is -0.0985. The molecule has 0 radical (unpaired) electrons. The van der Waals surface area contributed by atoms with Crippen LogP contribution < -0.4 is 10.6 Å². The van der Waals surface area contributed by atoms with E-state index >= 15 is 0 Å². The Balaban J connectivity index is 0.000000408. The zero-order valence-electron chi connectivity index (χ0n) is 11.8. The van der Waals surface area contributed by atoms with Crippen LogP contribution in [0.1, 0.15) is 26.7 Å². The Morgan fingerprint density at radius 1 is 1.37 bits per heavy atom. The van der Waals surface area contributed by atoms with E-state index in [1.807, 2.05) is 0 Å². The summed E-state index contributed by atoms with van der Waals surface area (Å²) in [7, 11) is 0. The number of nitrogens with two attached hydrogens (primary N) is 1. The Labute approximate surface area is 114 Å². The second kappa shape index (κ2) is 5.78. The second-order valence-corrected chi connectivity index (χ2v) is 5.58. The molecule has 0 aromatic heterocycles. The van der Waals surface area contributed by atoms with Gasteiger partial charge in [0.2, 0.25) is 0 Å². The molecular formula is C15H23FN2O. The molecule has 3 rings (SSSR count). The first kappa shape index (κ1) is 14.1. The van der Waals surface area contributed by atoms with Gasteiger partial charge in [0.25, 0.3) is 0 Å². The van der Waals surface area contributed by atoms with Crippen molar-refractivity contribution in [1.29, 1.82) is 0 Å². The number of nitrogen functional groups attached to an aromatic ring is 1. The number of hydrogen-bond donors (Lipinski definition) is 1. The van der Waals surface area contributed by atoms with Crippen LogP contribution in [-0.4, -0.2) is 26.3 Å². The summed E-state index contributed by atoms with van der Waals surface area (Å²) in [6, 6.07) is 4.90. The van der Waals surface area contributed by atoms with Crippen molar-refractivity contribution in [2.45, 2.75) is 26.7 Å². The predicted octanol–water partition coefficient (Wildman–Crippen LogP) is 3.05.